The number of likely N-dealkylation sites (tertiary alicyclic amines) is 1. The van der Waals surface area contributed by atoms with Crippen LogP contribution in [0, 0.1) is 11.3 Å². The van der Waals surface area contributed by atoms with Gasteiger partial charge in [-0.15, -0.1) is 0 Å². The zero-order valence-electron chi connectivity index (χ0n) is 14.1. The molecule has 1 aromatic rings. The largest absolute Gasteiger partial charge is 0.351 e. The summed E-state index contributed by atoms with van der Waals surface area (Å²) in [5.74, 6) is 0.796. The summed E-state index contributed by atoms with van der Waals surface area (Å²) in [6.45, 7) is 13.0. The number of rotatable bonds is 3. The molecule has 1 saturated heterocycles. The van der Waals surface area contributed by atoms with Crippen LogP contribution in [0.25, 0.3) is 0 Å². The molecule has 2 aliphatic rings. The summed E-state index contributed by atoms with van der Waals surface area (Å²) in [7, 11) is 0. The van der Waals surface area contributed by atoms with Crippen molar-refractivity contribution in [3.05, 3.63) is 23.5 Å². The Hall–Kier alpha value is -0.800. The lowest BCUT2D eigenvalue weighted by Gasteiger charge is -2.35. The summed E-state index contributed by atoms with van der Waals surface area (Å²) in [5, 5.41) is 0. The second-order valence-electron chi connectivity index (χ2n) is 8.27. The Morgan fingerprint density at radius 2 is 2.14 bits per heavy atom. The van der Waals surface area contributed by atoms with E-state index in [1.807, 2.05) is 0 Å². The second-order valence-corrected chi connectivity index (χ2v) is 8.27. The lowest BCUT2D eigenvalue weighted by atomic mass is 9.74. The van der Waals surface area contributed by atoms with Crippen LogP contribution in [0.4, 0.5) is 0 Å². The van der Waals surface area contributed by atoms with Crippen LogP contribution in [0.2, 0.25) is 0 Å². The molecule has 0 aromatic carbocycles. The Labute approximate surface area is 129 Å². The van der Waals surface area contributed by atoms with Gasteiger partial charge in [-0.25, -0.2) is 0 Å². The van der Waals surface area contributed by atoms with Gasteiger partial charge in [0.2, 0.25) is 0 Å². The summed E-state index contributed by atoms with van der Waals surface area (Å²) in [5.41, 5.74) is 9.62. The zero-order valence-corrected chi connectivity index (χ0v) is 14.1. The lowest BCUT2D eigenvalue weighted by Crippen LogP contribution is -2.31. The molecule has 2 N–H and O–H groups in total. The lowest BCUT2D eigenvalue weighted by molar-refractivity contribution is 0.255. The van der Waals surface area contributed by atoms with Crippen LogP contribution in [0.5, 0.6) is 0 Å². The van der Waals surface area contributed by atoms with E-state index in [1.165, 1.54) is 43.7 Å². The second kappa shape index (κ2) is 5.44. The highest BCUT2D eigenvalue weighted by molar-refractivity contribution is 5.30. The smallest absolute Gasteiger partial charge is 0.0318 e. The van der Waals surface area contributed by atoms with E-state index in [0.717, 1.165) is 12.3 Å². The van der Waals surface area contributed by atoms with Gasteiger partial charge in [0.25, 0.3) is 0 Å². The highest BCUT2D eigenvalue weighted by Gasteiger charge is 2.33. The Bertz CT molecular complexity index is 501. The van der Waals surface area contributed by atoms with E-state index in [2.05, 4.69) is 49.4 Å². The van der Waals surface area contributed by atoms with Crippen molar-refractivity contribution < 1.29 is 0 Å². The van der Waals surface area contributed by atoms with Gasteiger partial charge >= 0.3 is 0 Å². The molecule has 118 valence electrons. The molecule has 2 atom stereocenters. The minimum Gasteiger partial charge on any atom is -0.351 e. The fourth-order valence-electron chi connectivity index (χ4n) is 4.22. The number of hydrogen-bond acceptors (Lipinski definition) is 2. The first-order chi connectivity index (χ1) is 9.85. The molecule has 0 amide bonds. The number of fused-ring (bicyclic) bond motifs is 1. The van der Waals surface area contributed by atoms with Crippen molar-refractivity contribution in [1.82, 2.24) is 9.47 Å². The molecule has 21 heavy (non-hydrogen) atoms. The molecule has 3 rings (SSSR count). The summed E-state index contributed by atoms with van der Waals surface area (Å²) >= 11 is 0. The summed E-state index contributed by atoms with van der Waals surface area (Å²) in [4.78, 5) is 2.61. The van der Waals surface area contributed by atoms with Gasteiger partial charge in [0.15, 0.2) is 0 Å². The summed E-state index contributed by atoms with van der Waals surface area (Å²) in [6, 6.07) is 3.17. The van der Waals surface area contributed by atoms with Crippen LogP contribution in [0.15, 0.2) is 12.3 Å². The maximum absolute atomic E-state index is 6.38. The topological polar surface area (TPSA) is 34.2 Å². The molecule has 2 unspecified atom stereocenters. The van der Waals surface area contributed by atoms with Gasteiger partial charge in [-0.3, -0.25) is 0 Å². The van der Waals surface area contributed by atoms with Crippen LogP contribution in [-0.4, -0.2) is 28.6 Å². The van der Waals surface area contributed by atoms with E-state index in [-0.39, 0.29) is 6.04 Å². The standard InChI is InChI=1S/C18H31N3/c1-13(2)20-7-5-14(11-20)12-21-8-6-15-16(19)9-18(3,4)10-17(15)21/h6,8,13-14,16H,5,7,9-12,19H2,1-4H3. The van der Waals surface area contributed by atoms with Crippen molar-refractivity contribution in [3.8, 4) is 0 Å². The quantitative estimate of drug-likeness (QED) is 0.927. The summed E-state index contributed by atoms with van der Waals surface area (Å²) in [6.07, 6.45) is 5.89. The molecule has 3 nitrogen and oxygen atoms in total. The van der Waals surface area contributed by atoms with Crippen molar-refractivity contribution in [2.75, 3.05) is 13.1 Å². The SMILES string of the molecule is CC(C)N1CCC(Cn2ccc3c2CC(C)(C)CC3N)C1. The van der Waals surface area contributed by atoms with E-state index in [0.29, 0.717) is 11.5 Å². The first-order valence-electron chi connectivity index (χ1n) is 8.53. The number of hydrogen-bond donors (Lipinski definition) is 1. The molecule has 0 radical (unpaired) electrons. The average molecular weight is 289 g/mol. The van der Waals surface area contributed by atoms with E-state index < -0.39 is 0 Å². The Morgan fingerprint density at radius 3 is 2.81 bits per heavy atom. The molecule has 1 fully saturated rings. The molecule has 2 heterocycles. The maximum Gasteiger partial charge on any atom is 0.0318 e. The number of nitrogens with zero attached hydrogens (tertiary/aromatic N) is 2. The Morgan fingerprint density at radius 1 is 1.38 bits per heavy atom. The predicted octanol–water partition coefficient (Wildman–Crippen LogP) is 3.19. The van der Waals surface area contributed by atoms with Crippen molar-refractivity contribution in [1.29, 1.82) is 0 Å². The first-order valence-corrected chi connectivity index (χ1v) is 8.53. The van der Waals surface area contributed by atoms with Gasteiger partial charge in [-0.05, 0) is 62.6 Å². The fraction of sp³-hybridized carbons (Fsp3) is 0.778. The minimum absolute atomic E-state index is 0.223. The van der Waals surface area contributed by atoms with Gasteiger partial charge < -0.3 is 15.2 Å². The van der Waals surface area contributed by atoms with Gasteiger partial charge in [-0.2, -0.15) is 0 Å². The molecular weight excluding hydrogens is 258 g/mol. The van der Waals surface area contributed by atoms with E-state index in [9.17, 15) is 0 Å². The molecule has 0 saturated carbocycles. The maximum atomic E-state index is 6.38. The van der Waals surface area contributed by atoms with E-state index in [4.69, 9.17) is 5.73 Å². The first kappa shape index (κ1) is 15.1. The van der Waals surface area contributed by atoms with Crippen molar-refractivity contribution >= 4 is 0 Å². The average Bonchev–Trinajstić information content (AvgIpc) is 2.96. The van der Waals surface area contributed by atoms with E-state index >= 15 is 0 Å². The van der Waals surface area contributed by atoms with Crippen molar-refractivity contribution in [2.24, 2.45) is 17.1 Å². The fourth-order valence-corrected chi connectivity index (χ4v) is 4.22. The van der Waals surface area contributed by atoms with Crippen LogP contribution >= 0.6 is 0 Å². The van der Waals surface area contributed by atoms with E-state index in [1.54, 1.807) is 0 Å². The monoisotopic (exact) mass is 289 g/mol. The third-order valence-corrected chi connectivity index (χ3v) is 5.43. The minimum atomic E-state index is 0.223. The highest BCUT2D eigenvalue weighted by atomic mass is 15.2. The van der Waals surface area contributed by atoms with Crippen molar-refractivity contribution in [2.45, 2.75) is 65.6 Å². The molecule has 1 aliphatic carbocycles. The van der Waals surface area contributed by atoms with Gasteiger partial charge in [-0.1, -0.05) is 13.8 Å². The van der Waals surface area contributed by atoms with Gasteiger partial charge in [0.05, 0.1) is 0 Å². The third-order valence-electron chi connectivity index (χ3n) is 5.43. The molecule has 3 heteroatoms. The molecular formula is C18H31N3. The molecule has 1 aliphatic heterocycles. The van der Waals surface area contributed by atoms with Crippen LogP contribution in [-0.2, 0) is 13.0 Å². The predicted molar refractivity (Wildman–Crippen MR) is 88.3 cm³/mol. The van der Waals surface area contributed by atoms with Crippen LogP contribution in [0.3, 0.4) is 0 Å². The Balaban J connectivity index is 1.74. The van der Waals surface area contributed by atoms with Crippen LogP contribution in [0.1, 0.15) is 57.8 Å². The highest BCUT2D eigenvalue weighted by Crippen LogP contribution is 2.40. The van der Waals surface area contributed by atoms with Crippen LogP contribution < -0.4 is 5.73 Å². The van der Waals surface area contributed by atoms with Gasteiger partial charge in [0.1, 0.15) is 0 Å². The molecule has 1 aromatic heterocycles. The normalized spacial score (nSPS) is 29.0. The van der Waals surface area contributed by atoms with Crippen molar-refractivity contribution in [3.63, 3.8) is 0 Å². The zero-order chi connectivity index (χ0) is 15.2. The number of nitrogens with two attached hydrogens (primary N) is 1. The molecule has 0 spiro atoms. The summed E-state index contributed by atoms with van der Waals surface area (Å²) < 4.78 is 2.50. The number of aromatic nitrogens is 1. The Kier molecular flexibility index (Phi) is 3.91. The third kappa shape index (κ3) is 3.04. The molecule has 0 bridgehead atoms. The van der Waals surface area contributed by atoms with Gasteiger partial charge in [0, 0.05) is 37.1 Å².